The van der Waals surface area contributed by atoms with Crippen LogP contribution in [-0.4, -0.2) is 19.5 Å². The summed E-state index contributed by atoms with van der Waals surface area (Å²) in [7, 11) is 0. The van der Waals surface area contributed by atoms with Crippen molar-refractivity contribution in [3.8, 4) is 73.2 Å². The molecule has 0 N–H and O–H groups in total. The maximum atomic E-state index is 6.84. The van der Waals surface area contributed by atoms with E-state index in [1.165, 1.54) is 10.8 Å². The molecular formula is C57H36N4O. The number of para-hydroxylation sites is 2. The first-order valence-electron chi connectivity index (χ1n) is 20.8. The second-order valence-electron chi connectivity index (χ2n) is 15.6. The van der Waals surface area contributed by atoms with Gasteiger partial charge in [0.15, 0.2) is 23.1 Å². The first-order chi connectivity index (χ1) is 30.7. The lowest BCUT2D eigenvalue weighted by Crippen LogP contribution is -2.00. The minimum Gasteiger partial charge on any atom is -0.454 e. The predicted octanol–water partition coefficient (Wildman–Crippen LogP) is 14.9. The summed E-state index contributed by atoms with van der Waals surface area (Å²) in [5, 5.41) is 4.56. The number of hydrogen-bond donors (Lipinski definition) is 0. The van der Waals surface area contributed by atoms with Crippen LogP contribution in [0.25, 0.3) is 117 Å². The highest BCUT2D eigenvalue weighted by Gasteiger charge is 2.20. The van der Waals surface area contributed by atoms with Gasteiger partial charge < -0.3 is 8.98 Å². The average Bonchev–Trinajstić information content (AvgIpc) is 3.90. The van der Waals surface area contributed by atoms with Crippen molar-refractivity contribution in [3.63, 3.8) is 0 Å². The van der Waals surface area contributed by atoms with Crippen molar-refractivity contribution in [1.29, 1.82) is 0 Å². The van der Waals surface area contributed by atoms with Crippen LogP contribution < -0.4 is 0 Å². The molecule has 0 atom stereocenters. The molecule has 12 rings (SSSR count). The Morgan fingerprint density at radius 1 is 0.306 bits per heavy atom. The first-order valence-corrected chi connectivity index (χ1v) is 20.8. The molecule has 0 aliphatic rings. The van der Waals surface area contributed by atoms with E-state index in [-0.39, 0.29) is 0 Å². The molecule has 290 valence electrons. The molecule has 0 radical (unpaired) electrons. The molecule has 0 amide bonds. The smallest absolute Gasteiger partial charge is 0.164 e. The molecule has 0 aliphatic heterocycles. The molecule has 12 aromatic rings. The average molecular weight is 793 g/mol. The molecule has 9 aromatic carbocycles. The SMILES string of the molecule is c1ccc(-c2ccc(-c3nc(-c4ccc(-c5ccc6c(c5)oc5c6ccc6c7ccccc7n(-c7ccccc7)c65)cc4)nc(-c4cccc(-c5ccccc5)c4)n3)cc2)cc1. The van der Waals surface area contributed by atoms with Crippen LogP contribution in [-0.2, 0) is 0 Å². The molecule has 0 spiro atoms. The molecule has 62 heavy (non-hydrogen) atoms. The Hall–Kier alpha value is -8.41. The van der Waals surface area contributed by atoms with Crippen molar-refractivity contribution in [3.05, 3.63) is 218 Å². The fourth-order valence-corrected chi connectivity index (χ4v) is 8.79. The van der Waals surface area contributed by atoms with Gasteiger partial charge in [0.2, 0.25) is 0 Å². The fourth-order valence-electron chi connectivity index (χ4n) is 8.79. The van der Waals surface area contributed by atoms with Crippen LogP contribution in [0.1, 0.15) is 0 Å². The molecular weight excluding hydrogens is 757 g/mol. The number of hydrogen-bond acceptors (Lipinski definition) is 4. The lowest BCUT2D eigenvalue weighted by Gasteiger charge is -2.11. The summed E-state index contributed by atoms with van der Waals surface area (Å²) in [5.41, 5.74) is 14.5. The lowest BCUT2D eigenvalue weighted by molar-refractivity contribution is 0.671. The third-order valence-electron chi connectivity index (χ3n) is 11.9. The number of nitrogens with zero attached hydrogens (tertiary/aromatic N) is 4. The Kier molecular flexibility index (Phi) is 8.42. The number of fused-ring (bicyclic) bond motifs is 7. The zero-order valence-corrected chi connectivity index (χ0v) is 33.5. The summed E-state index contributed by atoms with van der Waals surface area (Å²) < 4.78 is 9.17. The van der Waals surface area contributed by atoms with Crippen molar-refractivity contribution >= 4 is 43.7 Å². The van der Waals surface area contributed by atoms with E-state index >= 15 is 0 Å². The van der Waals surface area contributed by atoms with Crippen molar-refractivity contribution in [2.45, 2.75) is 0 Å². The second kappa shape index (κ2) is 14.7. The fraction of sp³-hybridized carbons (Fsp3) is 0. The third kappa shape index (κ3) is 6.14. The molecule has 0 unspecified atom stereocenters. The van der Waals surface area contributed by atoms with E-state index in [4.69, 9.17) is 19.4 Å². The van der Waals surface area contributed by atoms with Crippen LogP contribution in [0.5, 0.6) is 0 Å². The minimum absolute atomic E-state index is 0.611. The molecule has 0 saturated heterocycles. The first kappa shape index (κ1) is 35.5. The molecule has 3 heterocycles. The predicted molar refractivity (Wildman–Crippen MR) is 254 cm³/mol. The van der Waals surface area contributed by atoms with Gasteiger partial charge >= 0.3 is 0 Å². The summed E-state index contributed by atoms with van der Waals surface area (Å²) >= 11 is 0. The molecule has 5 heteroatoms. The minimum atomic E-state index is 0.611. The van der Waals surface area contributed by atoms with E-state index in [2.05, 4.69) is 211 Å². The Morgan fingerprint density at radius 2 is 0.758 bits per heavy atom. The summed E-state index contributed by atoms with van der Waals surface area (Å²) in [6, 6.07) is 76.2. The van der Waals surface area contributed by atoms with E-state index in [9.17, 15) is 0 Å². The normalized spacial score (nSPS) is 11.5. The molecule has 0 fully saturated rings. The highest BCUT2D eigenvalue weighted by molar-refractivity contribution is 6.21. The molecule has 0 bridgehead atoms. The highest BCUT2D eigenvalue weighted by atomic mass is 16.3. The third-order valence-corrected chi connectivity index (χ3v) is 11.9. The maximum absolute atomic E-state index is 6.84. The Bertz CT molecular complexity index is 3590. The standard InChI is InChI=1S/C57H36N4O/c1-4-13-37(14-5-1)39-23-27-41(28-24-39)55-58-56(60-57(59-55)45-18-12-17-43(35-45)38-15-6-2-7-16-38)42-29-25-40(26-30-42)44-31-32-48-50-34-33-49-47-21-10-11-22-51(47)61(46-19-8-3-9-20-46)53(49)54(50)62-52(48)36-44/h1-36H. The van der Waals surface area contributed by atoms with Gasteiger partial charge in [0.1, 0.15) is 5.58 Å². The van der Waals surface area contributed by atoms with Crippen molar-refractivity contribution in [1.82, 2.24) is 19.5 Å². The highest BCUT2D eigenvalue weighted by Crippen LogP contribution is 2.41. The van der Waals surface area contributed by atoms with Crippen LogP contribution in [0.4, 0.5) is 0 Å². The molecule has 0 aliphatic carbocycles. The zero-order valence-electron chi connectivity index (χ0n) is 33.5. The van der Waals surface area contributed by atoms with Gasteiger partial charge in [0.25, 0.3) is 0 Å². The molecule has 5 nitrogen and oxygen atoms in total. The Labute approximate surface area is 357 Å². The summed E-state index contributed by atoms with van der Waals surface area (Å²) in [4.78, 5) is 15.2. The zero-order chi connectivity index (χ0) is 41.0. The second-order valence-corrected chi connectivity index (χ2v) is 15.6. The van der Waals surface area contributed by atoms with Crippen LogP contribution >= 0.6 is 0 Å². The molecule has 0 saturated carbocycles. The largest absolute Gasteiger partial charge is 0.454 e. The van der Waals surface area contributed by atoms with Crippen molar-refractivity contribution in [2.75, 3.05) is 0 Å². The lowest BCUT2D eigenvalue weighted by atomic mass is 10.0. The summed E-state index contributed by atoms with van der Waals surface area (Å²) in [5.74, 6) is 1.85. The van der Waals surface area contributed by atoms with Gasteiger partial charge in [-0.05, 0) is 75.8 Å². The van der Waals surface area contributed by atoms with Gasteiger partial charge in [-0.3, -0.25) is 0 Å². The Morgan fingerprint density at radius 3 is 1.44 bits per heavy atom. The van der Waals surface area contributed by atoms with Crippen LogP contribution in [0.15, 0.2) is 223 Å². The summed E-state index contributed by atoms with van der Waals surface area (Å²) in [6.45, 7) is 0. The van der Waals surface area contributed by atoms with Gasteiger partial charge in [-0.25, -0.2) is 15.0 Å². The van der Waals surface area contributed by atoms with Crippen LogP contribution in [0.2, 0.25) is 0 Å². The van der Waals surface area contributed by atoms with Gasteiger partial charge in [0.05, 0.1) is 11.0 Å². The molecule has 3 aromatic heterocycles. The number of benzene rings is 9. The Balaban J connectivity index is 0.936. The quantitative estimate of drug-likeness (QED) is 0.161. The van der Waals surface area contributed by atoms with E-state index < -0.39 is 0 Å². The topological polar surface area (TPSA) is 56.7 Å². The maximum Gasteiger partial charge on any atom is 0.164 e. The summed E-state index contributed by atoms with van der Waals surface area (Å²) in [6.07, 6.45) is 0. The van der Waals surface area contributed by atoms with E-state index in [0.717, 1.165) is 88.7 Å². The van der Waals surface area contributed by atoms with Gasteiger partial charge in [-0.15, -0.1) is 0 Å². The number of rotatable bonds is 7. The van der Waals surface area contributed by atoms with Crippen molar-refractivity contribution < 1.29 is 4.42 Å². The van der Waals surface area contributed by atoms with E-state index in [0.29, 0.717) is 17.5 Å². The van der Waals surface area contributed by atoms with Gasteiger partial charge in [-0.1, -0.05) is 176 Å². The van der Waals surface area contributed by atoms with E-state index in [1.54, 1.807) is 0 Å². The number of furan rings is 1. The van der Waals surface area contributed by atoms with E-state index in [1.807, 2.05) is 12.1 Å². The van der Waals surface area contributed by atoms with Crippen LogP contribution in [0.3, 0.4) is 0 Å². The van der Waals surface area contributed by atoms with Crippen molar-refractivity contribution in [2.24, 2.45) is 0 Å². The van der Waals surface area contributed by atoms with Crippen LogP contribution in [0, 0.1) is 0 Å². The monoisotopic (exact) mass is 792 g/mol. The van der Waals surface area contributed by atoms with Gasteiger partial charge in [-0.2, -0.15) is 0 Å². The number of aromatic nitrogens is 4. The van der Waals surface area contributed by atoms with Gasteiger partial charge in [0, 0.05) is 43.9 Å².